The fraction of sp³-hybridized carbons (Fsp3) is 0.667. The second-order valence-corrected chi connectivity index (χ2v) is 8.05. The summed E-state index contributed by atoms with van der Waals surface area (Å²) in [5.41, 5.74) is 0.436. The molecular weight excluding hydrogens is 316 g/mol. The van der Waals surface area contributed by atoms with Crippen molar-refractivity contribution in [2.24, 2.45) is 0 Å². The first-order chi connectivity index (χ1) is 11.0. The molecule has 1 saturated heterocycles. The molecule has 8 heteroatoms. The average Bonchev–Trinajstić information content (AvgIpc) is 2.90. The molecule has 23 heavy (non-hydrogen) atoms. The Morgan fingerprint density at radius 1 is 1.17 bits per heavy atom. The third kappa shape index (κ3) is 3.29. The normalized spacial score (nSPS) is 20.8. The minimum atomic E-state index is -3.52. The molecule has 0 aliphatic carbocycles. The number of aromatic nitrogens is 1. The van der Waals surface area contributed by atoms with E-state index in [2.05, 4.69) is 17.1 Å². The van der Waals surface area contributed by atoms with Gasteiger partial charge in [0.2, 0.25) is 10.0 Å². The minimum absolute atomic E-state index is 0.197. The van der Waals surface area contributed by atoms with Crippen LogP contribution in [-0.4, -0.2) is 67.4 Å². The Morgan fingerprint density at radius 2 is 1.91 bits per heavy atom. The maximum atomic E-state index is 12.8. The van der Waals surface area contributed by atoms with Crippen molar-refractivity contribution in [3.8, 4) is 0 Å². The summed E-state index contributed by atoms with van der Waals surface area (Å²) in [6, 6.07) is 1.51. The quantitative estimate of drug-likeness (QED) is 0.858. The van der Waals surface area contributed by atoms with Crippen molar-refractivity contribution in [1.29, 1.82) is 0 Å². The summed E-state index contributed by atoms with van der Waals surface area (Å²) in [7, 11) is -3.52. The van der Waals surface area contributed by atoms with E-state index in [1.54, 1.807) is 10.8 Å². The number of nitrogens with zero attached hydrogens (tertiary/aromatic N) is 3. The number of piperazine rings is 1. The molecule has 7 nitrogen and oxygen atoms in total. The summed E-state index contributed by atoms with van der Waals surface area (Å²) in [5, 5.41) is 2.79. The van der Waals surface area contributed by atoms with Crippen LogP contribution >= 0.6 is 0 Å². The first-order valence-corrected chi connectivity index (χ1v) is 9.67. The van der Waals surface area contributed by atoms with Gasteiger partial charge in [-0.3, -0.25) is 4.79 Å². The molecule has 1 N–H and O–H groups in total. The smallest absolute Gasteiger partial charge is 0.267 e. The maximum absolute atomic E-state index is 12.8. The summed E-state index contributed by atoms with van der Waals surface area (Å²) in [6.07, 6.45) is 3.49. The maximum Gasteiger partial charge on any atom is 0.267 e. The van der Waals surface area contributed by atoms with Gasteiger partial charge in [0.1, 0.15) is 10.6 Å². The van der Waals surface area contributed by atoms with Gasteiger partial charge in [-0.05, 0) is 25.5 Å². The molecule has 0 aromatic carbocycles. The van der Waals surface area contributed by atoms with Crippen LogP contribution in [-0.2, 0) is 16.6 Å². The molecule has 0 radical (unpaired) electrons. The molecule has 1 aromatic rings. The highest BCUT2D eigenvalue weighted by Crippen LogP contribution is 2.21. The van der Waals surface area contributed by atoms with Crippen LogP contribution in [0.15, 0.2) is 17.2 Å². The standard InChI is InChI=1S/C15H24N4O3S/c1-2-5-17-7-9-19(10-8-17)23(21,22)13-11-14-15(20)16-4-3-6-18(14)12-13/h11-12H,2-10H2,1H3,(H,16,20). The summed E-state index contributed by atoms with van der Waals surface area (Å²) in [6.45, 7) is 6.97. The molecule has 3 rings (SSSR count). The Morgan fingerprint density at radius 3 is 2.61 bits per heavy atom. The fourth-order valence-corrected chi connectivity index (χ4v) is 4.66. The molecule has 0 saturated carbocycles. The topological polar surface area (TPSA) is 74.7 Å². The van der Waals surface area contributed by atoms with Gasteiger partial charge in [0.05, 0.1) is 0 Å². The summed E-state index contributed by atoms with van der Waals surface area (Å²) >= 11 is 0. The Labute approximate surface area is 137 Å². The number of nitrogens with one attached hydrogen (secondary N) is 1. The van der Waals surface area contributed by atoms with Gasteiger partial charge in [-0.15, -0.1) is 0 Å². The van der Waals surface area contributed by atoms with Crippen LogP contribution < -0.4 is 5.32 Å². The number of rotatable bonds is 4. The first-order valence-electron chi connectivity index (χ1n) is 8.23. The Balaban J connectivity index is 1.78. The van der Waals surface area contributed by atoms with E-state index in [9.17, 15) is 13.2 Å². The summed E-state index contributed by atoms with van der Waals surface area (Å²) in [5.74, 6) is -0.197. The number of carbonyl (C=O) groups excluding carboxylic acids is 1. The molecule has 2 aliphatic rings. The molecule has 1 amide bonds. The zero-order valence-electron chi connectivity index (χ0n) is 13.5. The molecule has 2 aliphatic heterocycles. The van der Waals surface area contributed by atoms with Crippen molar-refractivity contribution in [3.63, 3.8) is 0 Å². The zero-order valence-corrected chi connectivity index (χ0v) is 14.3. The zero-order chi connectivity index (χ0) is 16.4. The van der Waals surface area contributed by atoms with Crippen molar-refractivity contribution in [2.75, 3.05) is 39.3 Å². The van der Waals surface area contributed by atoms with E-state index in [-0.39, 0.29) is 10.8 Å². The van der Waals surface area contributed by atoms with Crippen molar-refractivity contribution < 1.29 is 13.2 Å². The molecule has 3 heterocycles. The SMILES string of the molecule is CCCN1CCN(S(=O)(=O)c2cc3n(c2)CCCNC3=O)CC1. The average molecular weight is 340 g/mol. The lowest BCUT2D eigenvalue weighted by molar-refractivity contribution is 0.0951. The lowest BCUT2D eigenvalue weighted by atomic mass is 10.3. The Hall–Kier alpha value is -1.38. The van der Waals surface area contributed by atoms with E-state index < -0.39 is 10.0 Å². The van der Waals surface area contributed by atoms with Crippen molar-refractivity contribution in [3.05, 3.63) is 18.0 Å². The first kappa shape index (κ1) is 16.5. The van der Waals surface area contributed by atoms with Gasteiger partial charge in [-0.25, -0.2) is 8.42 Å². The highest BCUT2D eigenvalue weighted by molar-refractivity contribution is 7.89. The van der Waals surface area contributed by atoms with Crippen LogP contribution in [0.4, 0.5) is 0 Å². The Kier molecular flexibility index (Phi) is 4.74. The third-order valence-corrected chi connectivity index (χ3v) is 6.34. The van der Waals surface area contributed by atoms with E-state index in [0.717, 1.165) is 32.5 Å². The molecule has 0 bridgehead atoms. The van der Waals surface area contributed by atoms with Crippen molar-refractivity contribution in [2.45, 2.75) is 31.2 Å². The number of fused-ring (bicyclic) bond motifs is 1. The number of sulfonamides is 1. The number of carbonyl (C=O) groups is 1. The van der Waals surface area contributed by atoms with Crippen molar-refractivity contribution in [1.82, 2.24) is 19.1 Å². The van der Waals surface area contributed by atoms with Gasteiger partial charge < -0.3 is 14.8 Å². The molecular formula is C15H24N4O3S. The van der Waals surface area contributed by atoms with E-state index in [1.165, 1.54) is 10.4 Å². The van der Waals surface area contributed by atoms with Crippen LogP contribution in [0.1, 0.15) is 30.3 Å². The minimum Gasteiger partial charge on any atom is -0.351 e. The molecule has 0 spiro atoms. The van der Waals surface area contributed by atoms with Gasteiger partial charge >= 0.3 is 0 Å². The van der Waals surface area contributed by atoms with Crippen molar-refractivity contribution >= 4 is 15.9 Å². The van der Waals surface area contributed by atoms with E-state index in [1.807, 2.05) is 0 Å². The number of aryl methyl sites for hydroxylation is 1. The third-order valence-electron chi connectivity index (χ3n) is 4.47. The highest BCUT2D eigenvalue weighted by Gasteiger charge is 2.30. The molecule has 0 unspecified atom stereocenters. The molecule has 1 aromatic heterocycles. The van der Waals surface area contributed by atoms with E-state index in [0.29, 0.717) is 31.9 Å². The van der Waals surface area contributed by atoms with Crippen LogP contribution in [0, 0.1) is 0 Å². The van der Waals surface area contributed by atoms with Gasteiger partial charge in [0.15, 0.2) is 0 Å². The van der Waals surface area contributed by atoms with Gasteiger partial charge in [0.25, 0.3) is 5.91 Å². The molecule has 1 fully saturated rings. The fourth-order valence-electron chi connectivity index (χ4n) is 3.20. The van der Waals surface area contributed by atoms with Gasteiger partial charge in [0, 0.05) is 45.5 Å². The van der Waals surface area contributed by atoms with E-state index in [4.69, 9.17) is 0 Å². The number of amides is 1. The van der Waals surface area contributed by atoms with Crippen LogP contribution in [0.2, 0.25) is 0 Å². The molecule has 0 atom stereocenters. The lowest BCUT2D eigenvalue weighted by Crippen LogP contribution is -2.48. The van der Waals surface area contributed by atoms with Gasteiger partial charge in [-0.1, -0.05) is 6.92 Å². The van der Waals surface area contributed by atoms with E-state index >= 15 is 0 Å². The summed E-state index contributed by atoms with van der Waals surface area (Å²) in [4.78, 5) is 14.5. The Bertz CT molecular complexity index is 675. The largest absolute Gasteiger partial charge is 0.351 e. The highest BCUT2D eigenvalue weighted by atomic mass is 32.2. The second-order valence-electron chi connectivity index (χ2n) is 6.11. The predicted octanol–water partition coefficient (Wildman–Crippen LogP) is 0.338. The monoisotopic (exact) mass is 340 g/mol. The number of hydrogen-bond acceptors (Lipinski definition) is 4. The van der Waals surface area contributed by atoms with Gasteiger partial charge in [-0.2, -0.15) is 4.31 Å². The van der Waals surface area contributed by atoms with Crippen LogP contribution in [0.3, 0.4) is 0 Å². The second kappa shape index (κ2) is 6.62. The summed E-state index contributed by atoms with van der Waals surface area (Å²) < 4.78 is 28.9. The number of hydrogen-bond donors (Lipinski definition) is 1. The lowest BCUT2D eigenvalue weighted by Gasteiger charge is -2.33. The van der Waals surface area contributed by atoms with Crippen LogP contribution in [0.25, 0.3) is 0 Å². The molecule has 128 valence electrons. The predicted molar refractivity (Wildman–Crippen MR) is 86.9 cm³/mol. The van der Waals surface area contributed by atoms with Crippen LogP contribution in [0.5, 0.6) is 0 Å².